The van der Waals surface area contributed by atoms with E-state index in [1.807, 2.05) is 16.9 Å². The molecule has 2 aromatic heterocycles. The second-order valence-electron chi connectivity index (χ2n) is 4.83. The predicted octanol–water partition coefficient (Wildman–Crippen LogP) is 1.32. The monoisotopic (exact) mass is 247 g/mol. The highest BCUT2D eigenvalue weighted by Gasteiger charge is 2.29. The van der Waals surface area contributed by atoms with Crippen LogP contribution in [0.15, 0.2) is 23.0 Å². The smallest absolute Gasteiger partial charge is 0.229 e. The summed E-state index contributed by atoms with van der Waals surface area (Å²) in [7, 11) is 0. The Morgan fingerprint density at radius 3 is 3.17 bits per heavy atom. The molecule has 18 heavy (non-hydrogen) atoms. The van der Waals surface area contributed by atoms with E-state index in [0.717, 1.165) is 18.3 Å². The molecule has 0 unspecified atom stereocenters. The molecule has 0 amide bonds. The van der Waals surface area contributed by atoms with Crippen molar-refractivity contribution in [2.24, 2.45) is 0 Å². The van der Waals surface area contributed by atoms with Crippen molar-refractivity contribution in [3.63, 3.8) is 0 Å². The molecule has 1 aliphatic carbocycles. The van der Waals surface area contributed by atoms with Gasteiger partial charge in [0.15, 0.2) is 5.82 Å². The Labute approximate surface area is 105 Å². The van der Waals surface area contributed by atoms with Crippen LogP contribution in [0.3, 0.4) is 0 Å². The molecule has 2 heterocycles. The van der Waals surface area contributed by atoms with Gasteiger partial charge in [0.25, 0.3) is 0 Å². The Morgan fingerprint density at radius 2 is 2.44 bits per heavy atom. The van der Waals surface area contributed by atoms with Crippen molar-refractivity contribution < 1.29 is 4.52 Å². The van der Waals surface area contributed by atoms with Gasteiger partial charge in [0, 0.05) is 24.4 Å². The van der Waals surface area contributed by atoms with Crippen LogP contribution < -0.4 is 5.32 Å². The fourth-order valence-corrected chi connectivity index (χ4v) is 1.85. The van der Waals surface area contributed by atoms with Crippen molar-refractivity contribution in [2.45, 2.75) is 44.8 Å². The van der Waals surface area contributed by atoms with Crippen LogP contribution in [0.4, 0.5) is 0 Å². The van der Waals surface area contributed by atoms with Crippen molar-refractivity contribution in [3.8, 4) is 0 Å². The van der Waals surface area contributed by atoms with Gasteiger partial charge in [-0.1, -0.05) is 5.16 Å². The molecule has 1 N–H and O–H groups in total. The van der Waals surface area contributed by atoms with E-state index >= 15 is 0 Å². The van der Waals surface area contributed by atoms with Crippen LogP contribution in [0.25, 0.3) is 0 Å². The van der Waals surface area contributed by atoms with Gasteiger partial charge in [-0.05, 0) is 25.8 Å². The second-order valence-corrected chi connectivity index (χ2v) is 4.83. The lowest BCUT2D eigenvalue weighted by molar-refractivity contribution is 0.369. The molecule has 0 aromatic carbocycles. The van der Waals surface area contributed by atoms with Crippen molar-refractivity contribution in [1.29, 1.82) is 0 Å². The van der Waals surface area contributed by atoms with Gasteiger partial charge >= 0.3 is 0 Å². The maximum Gasteiger partial charge on any atom is 0.229 e. The average molecular weight is 247 g/mol. The van der Waals surface area contributed by atoms with Gasteiger partial charge in [-0.25, -0.2) is 0 Å². The van der Waals surface area contributed by atoms with Gasteiger partial charge < -0.3 is 9.84 Å². The van der Waals surface area contributed by atoms with Crippen molar-refractivity contribution >= 4 is 0 Å². The molecule has 2 aromatic rings. The molecule has 0 bridgehead atoms. The van der Waals surface area contributed by atoms with Crippen LogP contribution in [-0.2, 0) is 13.1 Å². The molecule has 0 saturated heterocycles. The van der Waals surface area contributed by atoms with Gasteiger partial charge in [-0.2, -0.15) is 10.1 Å². The summed E-state index contributed by atoms with van der Waals surface area (Å²) in [5, 5.41) is 11.5. The molecule has 6 heteroatoms. The number of nitrogens with one attached hydrogen (secondary N) is 1. The minimum absolute atomic E-state index is 0.313. The van der Waals surface area contributed by atoms with Crippen molar-refractivity contribution in [2.75, 3.05) is 0 Å². The zero-order valence-electron chi connectivity index (χ0n) is 10.4. The average Bonchev–Trinajstić information content (AvgIpc) is 2.90. The molecule has 96 valence electrons. The van der Waals surface area contributed by atoms with Crippen LogP contribution in [0, 0.1) is 0 Å². The van der Waals surface area contributed by atoms with E-state index in [0.29, 0.717) is 18.5 Å². The quantitative estimate of drug-likeness (QED) is 0.833. The summed E-state index contributed by atoms with van der Waals surface area (Å²) in [6.07, 6.45) is 6.11. The highest BCUT2D eigenvalue weighted by atomic mass is 16.5. The largest absolute Gasteiger partial charge is 0.339 e. The maximum absolute atomic E-state index is 5.21. The summed E-state index contributed by atoms with van der Waals surface area (Å²) < 4.78 is 7.11. The lowest BCUT2D eigenvalue weighted by Gasteiger charge is -2.11. The number of hydrogen-bond acceptors (Lipinski definition) is 5. The number of nitrogens with zero attached hydrogens (tertiary/aromatic N) is 4. The SMILES string of the molecule is C[C@@H](Cn1cccn1)NCc1noc(C2CC2)n1. The molecule has 1 atom stereocenters. The lowest BCUT2D eigenvalue weighted by Crippen LogP contribution is -2.30. The number of aromatic nitrogens is 4. The van der Waals surface area contributed by atoms with E-state index < -0.39 is 0 Å². The molecule has 0 radical (unpaired) electrons. The normalized spacial score (nSPS) is 16.9. The Hall–Kier alpha value is -1.69. The van der Waals surface area contributed by atoms with Gasteiger partial charge in [-0.15, -0.1) is 0 Å². The van der Waals surface area contributed by atoms with Crippen LogP contribution in [0.5, 0.6) is 0 Å². The Bertz CT molecular complexity index is 488. The lowest BCUT2D eigenvalue weighted by atomic mass is 10.3. The van der Waals surface area contributed by atoms with Crippen molar-refractivity contribution in [1.82, 2.24) is 25.2 Å². The second kappa shape index (κ2) is 4.89. The minimum Gasteiger partial charge on any atom is -0.339 e. The fourth-order valence-electron chi connectivity index (χ4n) is 1.85. The summed E-state index contributed by atoms with van der Waals surface area (Å²) in [4.78, 5) is 4.38. The van der Waals surface area contributed by atoms with Gasteiger partial charge in [0.1, 0.15) is 0 Å². The first kappa shape index (κ1) is 11.4. The first-order valence-electron chi connectivity index (χ1n) is 6.34. The first-order chi connectivity index (χ1) is 8.81. The third-order valence-corrected chi connectivity index (χ3v) is 3.04. The van der Waals surface area contributed by atoms with E-state index in [4.69, 9.17) is 4.52 Å². The zero-order chi connectivity index (χ0) is 12.4. The van der Waals surface area contributed by atoms with Crippen molar-refractivity contribution in [3.05, 3.63) is 30.2 Å². The van der Waals surface area contributed by atoms with Crippen LogP contribution in [-0.4, -0.2) is 26.0 Å². The summed E-state index contributed by atoms with van der Waals surface area (Å²) in [5.41, 5.74) is 0. The van der Waals surface area contributed by atoms with E-state index in [9.17, 15) is 0 Å². The minimum atomic E-state index is 0.313. The third-order valence-electron chi connectivity index (χ3n) is 3.04. The van der Waals surface area contributed by atoms with Gasteiger partial charge in [0.2, 0.25) is 5.89 Å². The van der Waals surface area contributed by atoms with E-state index in [-0.39, 0.29) is 0 Å². The highest BCUT2D eigenvalue weighted by molar-refractivity contribution is 5.01. The zero-order valence-corrected chi connectivity index (χ0v) is 10.4. The van der Waals surface area contributed by atoms with Gasteiger partial charge in [-0.3, -0.25) is 4.68 Å². The number of hydrogen-bond donors (Lipinski definition) is 1. The fraction of sp³-hybridized carbons (Fsp3) is 0.583. The third kappa shape index (κ3) is 2.76. The molecule has 0 aliphatic heterocycles. The molecular weight excluding hydrogens is 230 g/mol. The Balaban J connectivity index is 1.47. The maximum atomic E-state index is 5.21. The number of rotatable bonds is 6. The molecule has 6 nitrogen and oxygen atoms in total. The van der Waals surface area contributed by atoms with E-state index in [2.05, 4.69) is 27.5 Å². The molecule has 3 rings (SSSR count). The van der Waals surface area contributed by atoms with E-state index in [1.165, 1.54) is 12.8 Å². The highest BCUT2D eigenvalue weighted by Crippen LogP contribution is 2.38. The molecule has 0 spiro atoms. The van der Waals surface area contributed by atoms with Crippen LogP contribution >= 0.6 is 0 Å². The van der Waals surface area contributed by atoms with Crippen LogP contribution in [0.1, 0.15) is 37.4 Å². The summed E-state index contributed by atoms with van der Waals surface area (Å²) in [6.45, 7) is 3.59. The molecule has 1 aliphatic rings. The topological polar surface area (TPSA) is 68.8 Å². The predicted molar refractivity (Wildman–Crippen MR) is 64.8 cm³/mol. The summed E-state index contributed by atoms with van der Waals surface area (Å²) >= 11 is 0. The molecule has 1 saturated carbocycles. The Kier molecular flexibility index (Phi) is 3.10. The van der Waals surface area contributed by atoms with Crippen LogP contribution in [0.2, 0.25) is 0 Å². The Morgan fingerprint density at radius 1 is 1.56 bits per heavy atom. The molecular formula is C12H17N5O. The molecule has 1 fully saturated rings. The van der Waals surface area contributed by atoms with E-state index in [1.54, 1.807) is 6.20 Å². The van der Waals surface area contributed by atoms with Gasteiger partial charge in [0.05, 0.1) is 13.1 Å². The first-order valence-corrected chi connectivity index (χ1v) is 6.34. The summed E-state index contributed by atoms with van der Waals surface area (Å²) in [5.74, 6) is 2.06. The summed E-state index contributed by atoms with van der Waals surface area (Å²) in [6, 6.07) is 2.24. The standard InChI is InChI=1S/C12H17N5O/c1-9(8-17-6-2-5-14-17)13-7-11-15-12(18-16-11)10-3-4-10/h2,5-6,9-10,13H,3-4,7-8H2,1H3/t9-/m0/s1.